The number of fused-ring (bicyclic) bond motifs is 3. The van der Waals surface area contributed by atoms with Gasteiger partial charge in [0, 0.05) is 32.5 Å². The maximum Gasteiger partial charge on any atom is 0.277 e. The zero-order valence-electron chi connectivity index (χ0n) is 14.9. The molecule has 4 heterocycles. The van der Waals surface area contributed by atoms with E-state index in [9.17, 15) is 4.79 Å². The molecule has 2 atom stereocenters. The third-order valence-corrected chi connectivity index (χ3v) is 5.36. The van der Waals surface area contributed by atoms with E-state index in [1.54, 1.807) is 7.11 Å². The minimum absolute atomic E-state index is 0.0619. The van der Waals surface area contributed by atoms with Crippen LogP contribution >= 0.6 is 0 Å². The topological polar surface area (TPSA) is 86.3 Å². The first-order valence-corrected chi connectivity index (χ1v) is 8.81. The van der Waals surface area contributed by atoms with E-state index in [2.05, 4.69) is 26.8 Å². The molecular weight excluding hydrogens is 322 g/mol. The smallest absolute Gasteiger partial charge is 0.277 e. The molecule has 2 aliphatic heterocycles. The van der Waals surface area contributed by atoms with Crippen LogP contribution in [0.2, 0.25) is 0 Å². The lowest BCUT2D eigenvalue weighted by Crippen LogP contribution is -2.42. The van der Waals surface area contributed by atoms with E-state index in [0.29, 0.717) is 18.1 Å². The third-order valence-electron chi connectivity index (χ3n) is 5.36. The lowest BCUT2D eigenvalue weighted by atomic mass is 10.1. The van der Waals surface area contributed by atoms with Gasteiger partial charge in [0.1, 0.15) is 17.4 Å². The number of hydrogen-bond acceptors (Lipinski definition) is 6. The SMILES string of the molecule is CCc1nnc2n1C[C@H]1CC[C@@H](C2)N1C(=O)c1noc(C)c1COC. The molecule has 0 radical (unpaired) electrons. The Labute approximate surface area is 146 Å². The van der Waals surface area contributed by atoms with Crippen LogP contribution in [0.5, 0.6) is 0 Å². The van der Waals surface area contributed by atoms with Crippen LogP contribution in [-0.2, 0) is 30.7 Å². The largest absolute Gasteiger partial charge is 0.380 e. The number of carbonyl (C=O) groups is 1. The van der Waals surface area contributed by atoms with Crippen molar-refractivity contribution in [3.8, 4) is 0 Å². The molecule has 25 heavy (non-hydrogen) atoms. The van der Waals surface area contributed by atoms with Gasteiger partial charge in [0.25, 0.3) is 5.91 Å². The number of rotatable bonds is 4. The molecule has 0 unspecified atom stereocenters. The van der Waals surface area contributed by atoms with Crippen molar-refractivity contribution >= 4 is 5.91 Å². The number of hydrogen-bond donors (Lipinski definition) is 0. The van der Waals surface area contributed by atoms with Gasteiger partial charge in [0.2, 0.25) is 0 Å². The highest BCUT2D eigenvalue weighted by atomic mass is 16.5. The summed E-state index contributed by atoms with van der Waals surface area (Å²) in [6.45, 7) is 4.97. The Morgan fingerprint density at radius 2 is 2.12 bits per heavy atom. The maximum atomic E-state index is 13.3. The van der Waals surface area contributed by atoms with E-state index in [4.69, 9.17) is 9.26 Å². The summed E-state index contributed by atoms with van der Waals surface area (Å²) in [5.74, 6) is 2.55. The number of carbonyl (C=O) groups excluding carboxylic acids is 1. The van der Waals surface area contributed by atoms with Crippen molar-refractivity contribution in [2.45, 2.75) is 64.8 Å². The Bertz CT molecular complexity index is 796. The first-order valence-electron chi connectivity index (χ1n) is 8.81. The van der Waals surface area contributed by atoms with E-state index in [0.717, 1.165) is 49.4 Å². The van der Waals surface area contributed by atoms with Crippen LogP contribution in [0.4, 0.5) is 0 Å². The van der Waals surface area contributed by atoms with Crippen LogP contribution < -0.4 is 0 Å². The number of methoxy groups -OCH3 is 1. The average Bonchev–Trinajstić information content (AvgIpc) is 3.24. The van der Waals surface area contributed by atoms with Crippen molar-refractivity contribution in [1.82, 2.24) is 24.8 Å². The summed E-state index contributed by atoms with van der Waals surface area (Å²) in [7, 11) is 1.61. The van der Waals surface area contributed by atoms with Crippen molar-refractivity contribution in [2.24, 2.45) is 0 Å². The molecule has 0 aliphatic carbocycles. The van der Waals surface area contributed by atoms with Crippen molar-refractivity contribution < 1.29 is 14.1 Å². The number of ether oxygens (including phenoxy) is 1. The Morgan fingerprint density at radius 3 is 2.88 bits per heavy atom. The Hall–Kier alpha value is -2.22. The summed E-state index contributed by atoms with van der Waals surface area (Å²) >= 11 is 0. The third kappa shape index (κ3) is 2.55. The van der Waals surface area contributed by atoms with Gasteiger partial charge in [-0.05, 0) is 19.8 Å². The first kappa shape index (κ1) is 16.3. The van der Waals surface area contributed by atoms with Crippen LogP contribution in [-0.4, -0.2) is 49.9 Å². The van der Waals surface area contributed by atoms with Crippen LogP contribution in [0.25, 0.3) is 0 Å². The molecular formula is C17H23N5O3. The summed E-state index contributed by atoms with van der Waals surface area (Å²) in [6, 6.07) is 0.285. The van der Waals surface area contributed by atoms with Gasteiger partial charge in [0.15, 0.2) is 5.69 Å². The Morgan fingerprint density at radius 1 is 1.32 bits per heavy atom. The lowest BCUT2D eigenvalue weighted by Gasteiger charge is -2.27. The highest BCUT2D eigenvalue weighted by Gasteiger charge is 2.42. The van der Waals surface area contributed by atoms with Gasteiger partial charge in [-0.15, -0.1) is 10.2 Å². The van der Waals surface area contributed by atoms with Crippen LogP contribution in [0.15, 0.2) is 4.52 Å². The molecule has 0 aromatic carbocycles. The molecule has 4 rings (SSSR count). The molecule has 1 saturated heterocycles. The van der Waals surface area contributed by atoms with E-state index in [1.165, 1.54) is 0 Å². The Kier molecular flexibility index (Phi) is 4.07. The maximum absolute atomic E-state index is 13.3. The van der Waals surface area contributed by atoms with Gasteiger partial charge in [-0.3, -0.25) is 4.79 Å². The van der Waals surface area contributed by atoms with Gasteiger partial charge < -0.3 is 18.7 Å². The minimum atomic E-state index is -0.0619. The van der Waals surface area contributed by atoms with Gasteiger partial charge >= 0.3 is 0 Å². The average molecular weight is 345 g/mol. The van der Waals surface area contributed by atoms with Crippen LogP contribution in [0, 0.1) is 6.92 Å². The molecule has 8 nitrogen and oxygen atoms in total. The predicted octanol–water partition coefficient (Wildman–Crippen LogP) is 1.51. The number of amides is 1. The van der Waals surface area contributed by atoms with Crippen molar-refractivity contribution in [3.63, 3.8) is 0 Å². The zero-order valence-corrected chi connectivity index (χ0v) is 14.9. The second-order valence-corrected chi connectivity index (χ2v) is 6.80. The molecule has 2 aromatic heterocycles. The van der Waals surface area contributed by atoms with Gasteiger partial charge in [-0.1, -0.05) is 12.1 Å². The second kappa shape index (κ2) is 6.25. The molecule has 1 fully saturated rings. The predicted molar refractivity (Wildman–Crippen MR) is 88.0 cm³/mol. The summed E-state index contributed by atoms with van der Waals surface area (Å²) in [5, 5.41) is 12.7. The molecule has 2 bridgehead atoms. The standard InChI is InChI=1S/C17H23N5O3/c1-4-14-18-19-15-7-11-5-6-12(8-21(14)15)22(11)17(23)16-13(9-24-3)10(2)25-20-16/h11-12H,4-9H2,1-3H3/t11-,12+/m0/s1. The molecule has 2 aliphatic rings. The van der Waals surface area contributed by atoms with E-state index < -0.39 is 0 Å². The lowest BCUT2D eigenvalue weighted by molar-refractivity contribution is 0.0650. The summed E-state index contributed by atoms with van der Waals surface area (Å²) in [5.41, 5.74) is 1.12. The van der Waals surface area contributed by atoms with Crippen molar-refractivity contribution in [2.75, 3.05) is 7.11 Å². The quantitative estimate of drug-likeness (QED) is 0.835. The number of aryl methyl sites for hydroxylation is 2. The zero-order chi connectivity index (χ0) is 17.6. The van der Waals surface area contributed by atoms with E-state index >= 15 is 0 Å². The van der Waals surface area contributed by atoms with Gasteiger partial charge in [0.05, 0.1) is 18.2 Å². The fraction of sp³-hybridized carbons (Fsp3) is 0.647. The fourth-order valence-corrected chi connectivity index (χ4v) is 4.09. The Balaban J connectivity index is 1.66. The van der Waals surface area contributed by atoms with Gasteiger partial charge in [-0.2, -0.15) is 0 Å². The van der Waals surface area contributed by atoms with Crippen LogP contribution in [0.3, 0.4) is 0 Å². The summed E-state index contributed by atoms with van der Waals surface area (Å²) in [4.78, 5) is 15.2. The molecule has 0 N–H and O–H groups in total. The fourth-order valence-electron chi connectivity index (χ4n) is 4.09. The molecule has 1 amide bonds. The van der Waals surface area contributed by atoms with E-state index in [-0.39, 0.29) is 18.0 Å². The first-order chi connectivity index (χ1) is 12.1. The highest BCUT2D eigenvalue weighted by molar-refractivity contribution is 5.94. The normalized spacial score (nSPS) is 22.1. The molecule has 0 saturated carbocycles. The van der Waals surface area contributed by atoms with E-state index in [1.807, 2.05) is 11.8 Å². The monoisotopic (exact) mass is 345 g/mol. The minimum Gasteiger partial charge on any atom is -0.380 e. The number of nitrogens with zero attached hydrogens (tertiary/aromatic N) is 5. The number of aromatic nitrogens is 4. The molecule has 0 spiro atoms. The highest BCUT2D eigenvalue weighted by Crippen LogP contribution is 2.33. The summed E-state index contributed by atoms with van der Waals surface area (Å²) < 4.78 is 12.7. The second-order valence-electron chi connectivity index (χ2n) is 6.80. The van der Waals surface area contributed by atoms with Crippen LogP contribution in [0.1, 0.15) is 53.2 Å². The molecule has 2 aromatic rings. The summed E-state index contributed by atoms with van der Waals surface area (Å²) in [6.07, 6.45) is 3.57. The van der Waals surface area contributed by atoms with Gasteiger partial charge in [-0.25, -0.2) is 0 Å². The molecule has 8 heteroatoms. The van der Waals surface area contributed by atoms with Crippen molar-refractivity contribution in [3.05, 3.63) is 28.7 Å². The van der Waals surface area contributed by atoms with Crippen molar-refractivity contribution in [1.29, 1.82) is 0 Å². The molecule has 134 valence electrons.